The molecule has 0 bridgehead atoms. The highest BCUT2D eigenvalue weighted by molar-refractivity contribution is 7.98. The lowest BCUT2D eigenvalue weighted by Crippen LogP contribution is -2.36. The molecule has 21 heavy (non-hydrogen) atoms. The number of halogens is 1. The zero-order chi connectivity index (χ0) is 15.2. The molecule has 6 nitrogen and oxygen atoms in total. The molecule has 0 fully saturated rings. The standard InChI is InChI=1S/C13H16FN5OS/c1-21-5-4-11(15)13(20)18-9-2-3-12(10(14)6-9)19-8-16-7-17-19/h2-3,6-8,11H,4-5,15H2,1H3,(H,18,20)/t11-/m0/s1. The van der Waals surface area contributed by atoms with Crippen molar-refractivity contribution in [2.75, 3.05) is 17.3 Å². The molecule has 0 saturated carbocycles. The first-order valence-electron chi connectivity index (χ1n) is 6.31. The van der Waals surface area contributed by atoms with Crippen LogP contribution in [0.3, 0.4) is 0 Å². The summed E-state index contributed by atoms with van der Waals surface area (Å²) in [6, 6.07) is 3.75. The van der Waals surface area contributed by atoms with Crippen molar-refractivity contribution in [3.05, 3.63) is 36.7 Å². The minimum absolute atomic E-state index is 0.261. The number of benzene rings is 1. The molecular weight excluding hydrogens is 293 g/mol. The molecule has 0 aliphatic rings. The first-order chi connectivity index (χ1) is 10.1. The third-order valence-electron chi connectivity index (χ3n) is 2.85. The smallest absolute Gasteiger partial charge is 0.241 e. The fourth-order valence-corrected chi connectivity index (χ4v) is 2.20. The van der Waals surface area contributed by atoms with E-state index in [1.807, 2.05) is 6.26 Å². The van der Waals surface area contributed by atoms with Crippen LogP contribution in [0.5, 0.6) is 0 Å². The van der Waals surface area contributed by atoms with Gasteiger partial charge >= 0.3 is 0 Å². The van der Waals surface area contributed by atoms with Crippen molar-refractivity contribution in [2.45, 2.75) is 12.5 Å². The van der Waals surface area contributed by atoms with Gasteiger partial charge in [0.2, 0.25) is 5.91 Å². The van der Waals surface area contributed by atoms with Gasteiger partial charge in [0, 0.05) is 5.69 Å². The number of hydrogen-bond acceptors (Lipinski definition) is 5. The van der Waals surface area contributed by atoms with E-state index in [-0.39, 0.29) is 11.6 Å². The van der Waals surface area contributed by atoms with Crippen LogP contribution in [0.4, 0.5) is 10.1 Å². The fraction of sp³-hybridized carbons (Fsp3) is 0.308. The number of carbonyl (C=O) groups excluding carboxylic acids is 1. The molecule has 0 aliphatic heterocycles. The van der Waals surface area contributed by atoms with E-state index in [1.54, 1.807) is 17.8 Å². The van der Waals surface area contributed by atoms with Crippen molar-refractivity contribution in [1.82, 2.24) is 14.8 Å². The Kier molecular flexibility index (Phi) is 5.29. The fourth-order valence-electron chi connectivity index (χ4n) is 1.71. The Balaban J connectivity index is 2.05. The highest BCUT2D eigenvalue weighted by atomic mass is 32.2. The average Bonchev–Trinajstić information content (AvgIpc) is 2.98. The maximum atomic E-state index is 14.0. The van der Waals surface area contributed by atoms with E-state index in [2.05, 4.69) is 15.4 Å². The maximum Gasteiger partial charge on any atom is 0.241 e. The molecule has 0 spiro atoms. The molecule has 0 saturated heterocycles. The summed E-state index contributed by atoms with van der Waals surface area (Å²) in [5.41, 5.74) is 6.38. The van der Waals surface area contributed by atoms with Crippen molar-refractivity contribution in [1.29, 1.82) is 0 Å². The quantitative estimate of drug-likeness (QED) is 0.843. The van der Waals surface area contributed by atoms with Crippen LogP contribution in [-0.4, -0.2) is 38.7 Å². The summed E-state index contributed by atoms with van der Waals surface area (Å²) < 4.78 is 15.3. The molecule has 1 aromatic heterocycles. The summed E-state index contributed by atoms with van der Waals surface area (Å²) in [5, 5.41) is 6.46. The second kappa shape index (κ2) is 7.19. The lowest BCUT2D eigenvalue weighted by atomic mass is 10.2. The van der Waals surface area contributed by atoms with E-state index in [0.29, 0.717) is 12.1 Å². The van der Waals surface area contributed by atoms with Gasteiger partial charge in [0.15, 0.2) is 5.82 Å². The summed E-state index contributed by atoms with van der Waals surface area (Å²) in [6.45, 7) is 0. The zero-order valence-electron chi connectivity index (χ0n) is 11.5. The minimum atomic E-state index is -0.601. The van der Waals surface area contributed by atoms with E-state index in [0.717, 1.165) is 5.75 Å². The van der Waals surface area contributed by atoms with Gasteiger partial charge in [-0.1, -0.05) is 0 Å². The zero-order valence-corrected chi connectivity index (χ0v) is 12.3. The predicted octanol–water partition coefficient (Wildman–Crippen LogP) is 1.43. The van der Waals surface area contributed by atoms with Gasteiger partial charge < -0.3 is 11.1 Å². The van der Waals surface area contributed by atoms with Crippen LogP contribution < -0.4 is 11.1 Å². The molecule has 1 atom stereocenters. The number of rotatable bonds is 6. The van der Waals surface area contributed by atoms with Crippen molar-refractivity contribution < 1.29 is 9.18 Å². The Bertz CT molecular complexity index is 605. The molecule has 0 unspecified atom stereocenters. The van der Waals surface area contributed by atoms with Gasteiger partial charge in [0.1, 0.15) is 18.3 Å². The van der Waals surface area contributed by atoms with E-state index in [1.165, 1.54) is 29.5 Å². The third-order valence-corrected chi connectivity index (χ3v) is 3.49. The highest BCUT2D eigenvalue weighted by Gasteiger charge is 2.14. The van der Waals surface area contributed by atoms with E-state index < -0.39 is 11.9 Å². The first-order valence-corrected chi connectivity index (χ1v) is 7.71. The van der Waals surface area contributed by atoms with Crippen molar-refractivity contribution in [3.8, 4) is 5.69 Å². The van der Waals surface area contributed by atoms with E-state index in [9.17, 15) is 9.18 Å². The van der Waals surface area contributed by atoms with Crippen LogP contribution in [0.1, 0.15) is 6.42 Å². The lowest BCUT2D eigenvalue weighted by Gasteiger charge is -2.12. The van der Waals surface area contributed by atoms with Crippen molar-refractivity contribution >= 4 is 23.4 Å². The Morgan fingerprint density at radius 1 is 1.57 bits per heavy atom. The Hall–Kier alpha value is -1.93. The lowest BCUT2D eigenvalue weighted by molar-refractivity contribution is -0.117. The van der Waals surface area contributed by atoms with Gasteiger partial charge in [-0.25, -0.2) is 14.1 Å². The van der Waals surface area contributed by atoms with E-state index >= 15 is 0 Å². The Labute approximate surface area is 125 Å². The van der Waals surface area contributed by atoms with Crippen molar-refractivity contribution in [3.63, 3.8) is 0 Å². The Morgan fingerprint density at radius 2 is 2.38 bits per heavy atom. The number of amides is 1. The number of thioether (sulfide) groups is 1. The molecule has 1 amide bonds. The van der Waals surface area contributed by atoms with Crippen LogP contribution in [0.15, 0.2) is 30.9 Å². The normalized spacial score (nSPS) is 12.1. The monoisotopic (exact) mass is 309 g/mol. The molecule has 1 aromatic carbocycles. The van der Waals surface area contributed by atoms with Gasteiger partial charge in [-0.2, -0.15) is 16.9 Å². The molecule has 112 valence electrons. The molecule has 1 heterocycles. The van der Waals surface area contributed by atoms with Crippen LogP contribution in [-0.2, 0) is 4.79 Å². The first kappa shape index (κ1) is 15.5. The number of anilines is 1. The number of carbonyl (C=O) groups is 1. The second-order valence-electron chi connectivity index (χ2n) is 4.38. The van der Waals surface area contributed by atoms with Crippen molar-refractivity contribution in [2.24, 2.45) is 5.73 Å². The van der Waals surface area contributed by atoms with Gasteiger partial charge in [-0.3, -0.25) is 4.79 Å². The number of nitrogens with zero attached hydrogens (tertiary/aromatic N) is 3. The van der Waals surface area contributed by atoms with Gasteiger partial charge in [0.05, 0.1) is 6.04 Å². The summed E-state index contributed by atoms with van der Waals surface area (Å²) in [7, 11) is 0. The molecule has 3 N–H and O–H groups in total. The summed E-state index contributed by atoms with van der Waals surface area (Å²) in [6.07, 6.45) is 5.24. The molecule has 8 heteroatoms. The number of aromatic nitrogens is 3. The summed E-state index contributed by atoms with van der Waals surface area (Å²) in [4.78, 5) is 15.6. The van der Waals surface area contributed by atoms with Gasteiger partial charge in [0.25, 0.3) is 0 Å². The number of nitrogens with two attached hydrogens (primary N) is 1. The second-order valence-corrected chi connectivity index (χ2v) is 5.37. The van der Waals surface area contributed by atoms with Gasteiger partial charge in [-0.05, 0) is 36.6 Å². The van der Waals surface area contributed by atoms with Crippen LogP contribution in [0.2, 0.25) is 0 Å². The molecule has 0 aliphatic carbocycles. The minimum Gasteiger partial charge on any atom is -0.325 e. The molecule has 0 radical (unpaired) electrons. The summed E-state index contributed by atoms with van der Waals surface area (Å²) >= 11 is 1.62. The molecular formula is C13H16FN5OS. The van der Waals surface area contributed by atoms with Crippen LogP contribution in [0, 0.1) is 5.82 Å². The van der Waals surface area contributed by atoms with Gasteiger partial charge in [-0.15, -0.1) is 0 Å². The maximum absolute atomic E-state index is 14.0. The van der Waals surface area contributed by atoms with E-state index in [4.69, 9.17) is 5.73 Å². The number of hydrogen-bond donors (Lipinski definition) is 2. The topological polar surface area (TPSA) is 85.8 Å². The Morgan fingerprint density at radius 3 is 3.00 bits per heavy atom. The average molecular weight is 309 g/mol. The SMILES string of the molecule is CSCC[C@H](N)C(=O)Nc1ccc(-n2cncn2)c(F)c1. The highest BCUT2D eigenvalue weighted by Crippen LogP contribution is 2.17. The molecule has 2 aromatic rings. The number of nitrogens with one attached hydrogen (secondary N) is 1. The molecule has 2 rings (SSSR count). The summed E-state index contributed by atoms with van der Waals surface area (Å²) in [5.74, 6) is -0.0262. The van der Waals surface area contributed by atoms with Crippen LogP contribution in [0.25, 0.3) is 5.69 Å². The third kappa shape index (κ3) is 4.02. The van der Waals surface area contributed by atoms with Crippen LogP contribution >= 0.6 is 11.8 Å². The largest absolute Gasteiger partial charge is 0.325 e. The predicted molar refractivity (Wildman–Crippen MR) is 80.9 cm³/mol.